The van der Waals surface area contributed by atoms with E-state index in [4.69, 9.17) is 4.43 Å². The van der Waals surface area contributed by atoms with Crippen LogP contribution in [0.2, 0.25) is 18.1 Å². The Morgan fingerprint density at radius 2 is 1.95 bits per heavy atom. The van der Waals surface area contributed by atoms with E-state index in [1.807, 2.05) is 0 Å². The predicted octanol–water partition coefficient (Wildman–Crippen LogP) is 4.97. The molecule has 0 fully saturated rings. The molecule has 0 aromatic heterocycles. The van der Waals surface area contributed by atoms with Gasteiger partial charge in [-0.2, -0.15) is 0 Å². The minimum atomic E-state index is -1.55. The van der Waals surface area contributed by atoms with Crippen molar-refractivity contribution < 1.29 is 4.43 Å². The highest BCUT2D eigenvalue weighted by Crippen LogP contribution is 2.36. The number of hydrogen-bond acceptors (Lipinski definition) is 2. The van der Waals surface area contributed by atoms with Crippen LogP contribution in [0.3, 0.4) is 0 Å². The zero-order chi connectivity index (χ0) is 14.5. The monoisotopic (exact) mass is 281 g/mol. The Morgan fingerprint density at radius 1 is 1.26 bits per heavy atom. The second-order valence-electron chi connectivity index (χ2n) is 6.96. The van der Waals surface area contributed by atoms with Crippen LogP contribution in [-0.4, -0.2) is 27.2 Å². The first-order chi connectivity index (χ1) is 8.78. The summed E-state index contributed by atoms with van der Waals surface area (Å²) in [5, 5.41) is 0.320. The van der Waals surface area contributed by atoms with Crippen molar-refractivity contribution in [2.75, 3.05) is 13.2 Å². The lowest BCUT2D eigenvalue weighted by Crippen LogP contribution is -2.40. The zero-order valence-electron chi connectivity index (χ0n) is 13.7. The van der Waals surface area contributed by atoms with Crippen LogP contribution < -0.4 is 0 Å². The molecule has 0 aromatic carbocycles. The van der Waals surface area contributed by atoms with Gasteiger partial charge in [0.25, 0.3) is 0 Å². The van der Waals surface area contributed by atoms with Crippen molar-refractivity contribution in [2.24, 2.45) is 4.99 Å². The molecule has 0 radical (unpaired) electrons. The van der Waals surface area contributed by atoms with Crippen molar-refractivity contribution in [3.63, 3.8) is 0 Å². The predicted molar refractivity (Wildman–Crippen MR) is 87.7 cm³/mol. The van der Waals surface area contributed by atoms with Crippen LogP contribution in [0, 0.1) is 0 Å². The molecule has 1 aliphatic heterocycles. The molecule has 0 N–H and O–H groups in total. The largest absolute Gasteiger partial charge is 0.417 e. The molecule has 0 spiro atoms. The van der Waals surface area contributed by atoms with Gasteiger partial charge in [-0.05, 0) is 56.3 Å². The third kappa shape index (κ3) is 4.88. The van der Waals surface area contributed by atoms with Crippen molar-refractivity contribution >= 4 is 14.0 Å². The summed E-state index contributed by atoms with van der Waals surface area (Å²) in [6.07, 6.45) is 6.85. The zero-order valence-corrected chi connectivity index (χ0v) is 14.7. The van der Waals surface area contributed by atoms with Crippen molar-refractivity contribution in [1.29, 1.82) is 0 Å². The molecule has 0 aliphatic carbocycles. The Hall–Kier alpha value is -0.413. The number of nitrogens with zero attached hydrogens (tertiary/aromatic N) is 1. The van der Waals surface area contributed by atoms with Crippen LogP contribution in [0.25, 0.3) is 0 Å². The first-order valence-corrected chi connectivity index (χ1v) is 10.5. The van der Waals surface area contributed by atoms with E-state index in [9.17, 15) is 0 Å². The van der Waals surface area contributed by atoms with Crippen LogP contribution >= 0.6 is 0 Å². The molecule has 0 saturated heterocycles. The maximum Gasteiger partial charge on any atom is 0.191 e. The third-order valence-corrected chi connectivity index (χ3v) is 9.02. The van der Waals surface area contributed by atoms with E-state index in [-0.39, 0.29) is 0 Å². The van der Waals surface area contributed by atoms with E-state index in [0.29, 0.717) is 5.04 Å². The van der Waals surface area contributed by atoms with Gasteiger partial charge in [0.1, 0.15) is 0 Å². The van der Waals surface area contributed by atoms with E-state index in [2.05, 4.69) is 51.9 Å². The normalized spacial score (nSPS) is 19.1. The first-order valence-electron chi connectivity index (χ1n) is 7.61. The second kappa shape index (κ2) is 6.85. The summed E-state index contributed by atoms with van der Waals surface area (Å²) in [7, 11) is -1.55. The van der Waals surface area contributed by atoms with E-state index in [0.717, 1.165) is 32.4 Å². The molecule has 1 rings (SSSR count). The molecule has 2 nitrogen and oxygen atoms in total. The first kappa shape index (κ1) is 16.6. The lowest BCUT2D eigenvalue weighted by molar-refractivity contribution is 0.280. The van der Waals surface area contributed by atoms with Crippen LogP contribution in [0.15, 0.2) is 16.6 Å². The molecule has 110 valence electrons. The summed E-state index contributed by atoms with van der Waals surface area (Å²) < 4.78 is 6.20. The summed E-state index contributed by atoms with van der Waals surface area (Å²) >= 11 is 0. The lowest BCUT2D eigenvalue weighted by Gasteiger charge is -2.36. The average Bonchev–Trinajstić information content (AvgIpc) is 2.74. The van der Waals surface area contributed by atoms with Crippen molar-refractivity contribution in [1.82, 2.24) is 0 Å². The molecule has 1 aliphatic rings. The summed E-state index contributed by atoms with van der Waals surface area (Å²) in [5.74, 6) is 0. The van der Waals surface area contributed by atoms with E-state index in [1.165, 1.54) is 17.7 Å². The van der Waals surface area contributed by atoms with Gasteiger partial charge in [0.2, 0.25) is 0 Å². The molecule has 0 atom stereocenters. The van der Waals surface area contributed by atoms with Gasteiger partial charge in [-0.1, -0.05) is 26.8 Å². The minimum absolute atomic E-state index is 0.320. The number of allylic oxidation sites excluding steroid dienone is 1. The highest BCUT2D eigenvalue weighted by Gasteiger charge is 2.36. The third-order valence-electron chi connectivity index (χ3n) is 4.48. The summed E-state index contributed by atoms with van der Waals surface area (Å²) in [5.41, 5.74) is 2.81. The van der Waals surface area contributed by atoms with E-state index in [1.54, 1.807) is 0 Å². The summed E-state index contributed by atoms with van der Waals surface area (Å²) in [6.45, 7) is 15.6. The van der Waals surface area contributed by atoms with Crippen LogP contribution in [0.4, 0.5) is 0 Å². The van der Waals surface area contributed by atoms with Crippen LogP contribution in [-0.2, 0) is 4.43 Å². The minimum Gasteiger partial charge on any atom is -0.417 e. The number of rotatable bonds is 6. The second-order valence-corrected chi connectivity index (χ2v) is 11.8. The maximum absolute atomic E-state index is 6.20. The molecule has 19 heavy (non-hydrogen) atoms. The number of unbranched alkanes of at least 4 members (excludes halogenated alkanes) is 1. The standard InChI is InChI=1S/C16H31NOSi/c1-7-14-11-12-17-15(14)10-8-9-13-18-19(5,6)16(2,3)4/h7H,8-13H2,1-6H3/b14-7+. The maximum atomic E-state index is 6.20. The molecule has 0 aromatic rings. The molecular formula is C16H31NOSi. The quantitative estimate of drug-likeness (QED) is 0.497. The molecule has 0 saturated carbocycles. The number of aliphatic imine (C=N–C) groups is 1. The summed E-state index contributed by atoms with van der Waals surface area (Å²) in [4.78, 5) is 4.59. The highest BCUT2D eigenvalue weighted by molar-refractivity contribution is 6.74. The van der Waals surface area contributed by atoms with E-state index >= 15 is 0 Å². The van der Waals surface area contributed by atoms with Crippen molar-refractivity contribution in [2.45, 2.75) is 71.5 Å². The lowest BCUT2D eigenvalue weighted by atomic mass is 10.0. The molecular weight excluding hydrogens is 250 g/mol. The molecule has 0 bridgehead atoms. The number of hydrogen-bond donors (Lipinski definition) is 0. The average molecular weight is 282 g/mol. The topological polar surface area (TPSA) is 21.6 Å². The molecule has 1 heterocycles. The Balaban J connectivity index is 2.22. The van der Waals surface area contributed by atoms with Gasteiger partial charge < -0.3 is 4.43 Å². The van der Waals surface area contributed by atoms with Gasteiger partial charge in [0, 0.05) is 18.9 Å². The van der Waals surface area contributed by atoms with Crippen molar-refractivity contribution in [3.8, 4) is 0 Å². The fraction of sp³-hybridized carbons (Fsp3) is 0.812. The van der Waals surface area contributed by atoms with Crippen molar-refractivity contribution in [3.05, 3.63) is 11.6 Å². The van der Waals surface area contributed by atoms with Crippen LogP contribution in [0.1, 0.15) is 53.4 Å². The highest BCUT2D eigenvalue weighted by atomic mass is 28.4. The van der Waals surface area contributed by atoms with Gasteiger partial charge in [-0.3, -0.25) is 4.99 Å². The Kier molecular flexibility index (Phi) is 6.00. The molecule has 0 amide bonds. The molecule has 0 unspecified atom stereocenters. The van der Waals surface area contributed by atoms with Gasteiger partial charge in [0.15, 0.2) is 8.32 Å². The fourth-order valence-electron chi connectivity index (χ4n) is 2.05. The van der Waals surface area contributed by atoms with Crippen LogP contribution in [0.5, 0.6) is 0 Å². The SMILES string of the molecule is C/C=C1\CCN=C1CCCCO[Si](C)(C)C(C)(C)C. The van der Waals surface area contributed by atoms with Gasteiger partial charge >= 0.3 is 0 Å². The smallest absolute Gasteiger partial charge is 0.191 e. The Morgan fingerprint density at radius 3 is 2.53 bits per heavy atom. The Labute approximate surface area is 120 Å². The molecule has 3 heteroatoms. The van der Waals surface area contributed by atoms with Gasteiger partial charge in [-0.15, -0.1) is 0 Å². The Bertz CT molecular complexity index is 350. The van der Waals surface area contributed by atoms with Gasteiger partial charge in [-0.25, -0.2) is 0 Å². The summed E-state index contributed by atoms with van der Waals surface area (Å²) in [6, 6.07) is 0. The van der Waals surface area contributed by atoms with E-state index < -0.39 is 8.32 Å². The fourth-order valence-corrected chi connectivity index (χ4v) is 3.13. The van der Waals surface area contributed by atoms with Gasteiger partial charge in [0.05, 0.1) is 0 Å².